The van der Waals surface area contributed by atoms with Crippen LogP contribution in [0.1, 0.15) is 34.3 Å². The van der Waals surface area contributed by atoms with Crippen LogP contribution in [0.5, 0.6) is 0 Å². The average molecular weight is 505 g/mol. The molecule has 5 aromatic carbocycles. The van der Waals surface area contributed by atoms with Crippen LogP contribution >= 0.6 is 12.4 Å². The molecule has 2 nitrogen and oxygen atoms in total. The van der Waals surface area contributed by atoms with Crippen molar-refractivity contribution in [3.8, 4) is 0 Å². The molecule has 2 atom stereocenters. The summed E-state index contributed by atoms with van der Waals surface area (Å²) in [5.41, 5.74) is 7.45. The van der Waals surface area contributed by atoms with Crippen molar-refractivity contribution in [1.29, 1.82) is 0 Å². The Labute approximate surface area is 226 Å². The highest BCUT2D eigenvalue weighted by Gasteiger charge is 2.14. The summed E-state index contributed by atoms with van der Waals surface area (Å²) in [6.07, 6.45) is 1.86. The third-order valence-corrected chi connectivity index (χ3v) is 6.54. The van der Waals surface area contributed by atoms with Gasteiger partial charge >= 0.3 is 0 Å². The van der Waals surface area contributed by atoms with Gasteiger partial charge in [0.05, 0.1) is 12.1 Å². The van der Waals surface area contributed by atoms with Crippen LogP contribution in [0, 0.1) is 0 Å². The van der Waals surface area contributed by atoms with Gasteiger partial charge in [0, 0.05) is 11.4 Å². The molecule has 5 rings (SSSR count). The molecule has 5 aromatic rings. The van der Waals surface area contributed by atoms with Crippen molar-refractivity contribution in [2.45, 2.75) is 24.9 Å². The zero-order valence-corrected chi connectivity index (χ0v) is 21.7. The van der Waals surface area contributed by atoms with Crippen LogP contribution in [0.25, 0.3) is 0 Å². The molecule has 0 fully saturated rings. The first-order valence-electron chi connectivity index (χ1n) is 12.6. The lowest BCUT2D eigenvalue weighted by Gasteiger charge is -2.23. The van der Waals surface area contributed by atoms with E-state index in [1.165, 1.54) is 22.3 Å². The van der Waals surface area contributed by atoms with Crippen LogP contribution in [0.2, 0.25) is 0 Å². The minimum Gasteiger partial charge on any atom is -0.378 e. The summed E-state index contributed by atoms with van der Waals surface area (Å²) in [5.74, 6) is 0. The summed E-state index contributed by atoms with van der Waals surface area (Å²) in [4.78, 5) is 0. The first-order valence-corrected chi connectivity index (χ1v) is 12.6. The Morgan fingerprint density at radius 3 is 1.00 bits per heavy atom. The van der Waals surface area contributed by atoms with Gasteiger partial charge in [0.25, 0.3) is 0 Å². The average Bonchev–Trinajstić information content (AvgIpc) is 2.95. The molecule has 0 aliphatic carbocycles. The minimum atomic E-state index is 0. The maximum absolute atomic E-state index is 3.77. The maximum Gasteiger partial charge on any atom is 0.0554 e. The topological polar surface area (TPSA) is 24.1 Å². The molecule has 0 heterocycles. The van der Waals surface area contributed by atoms with E-state index in [4.69, 9.17) is 0 Å². The predicted molar refractivity (Wildman–Crippen MR) is 160 cm³/mol. The molecule has 37 heavy (non-hydrogen) atoms. The van der Waals surface area contributed by atoms with Crippen LogP contribution in [0.4, 0.5) is 11.4 Å². The van der Waals surface area contributed by atoms with Gasteiger partial charge in [-0.1, -0.05) is 121 Å². The summed E-state index contributed by atoms with van der Waals surface area (Å²) in [6.45, 7) is 0. The Kier molecular flexibility index (Phi) is 9.40. The van der Waals surface area contributed by atoms with E-state index in [-0.39, 0.29) is 24.5 Å². The first-order chi connectivity index (χ1) is 17.8. The lowest BCUT2D eigenvalue weighted by Crippen LogP contribution is -2.15. The lowest BCUT2D eigenvalue weighted by molar-refractivity contribution is 0.773. The molecule has 3 heteroatoms. The molecule has 0 saturated heterocycles. The van der Waals surface area contributed by atoms with Crippen molar-refractivity contribution in [1.82, 2.24) is 0 Å². The molecule has 186 valence electrons. The highest BCUT2D eigenvalue weighted by molar-refractivity contribution is 5.85. The fourth-order valence-corrected chi connectivity index (χ4v) is 4.64. The van der Waals surface area contributed by atoms with Crippen molar-refractivity contribution in [3.63, 3.8) is 0 Å². The third kappa shape index (κ3) is 7.49. The Bertz CT molecular complexity index is 1200. The summed E-state index contributed by atoms with van der Waals surface area (Å²) in [7, 11) is 0. The zero-order chi connectivity index (χ0) is 24.4. The molecule has 0 aliphatic rings. The molecular weight excluding hydrogens is 472 g/mol. The number of nitrogens with one attached hydrogen (secondary N) is 2. The first kappa shape index (κ1) is 26.1. The number of halogens is 1. The van der Waals surface area contributed by atoms with E-state index >= 15 is 0 Å². The summed E-state index contributed by atoms with van der Waals surface area (Å²) >= 11 is 0. The highest BCUT2D eigenvalue weighted by atomic mass is 35.5. The monoisotopic (exact) mass is 504 g/mol. The summed E-state index contributed by atoms with van der Waals surface area (Å²) in [6, 6.07) is 51.8. The van der Waals surface area contributed by atoms with Gasteiger partial charge in [-0.25, -0.2) is 0 Å². The fourth-order valence-electron chi connectivity index (χ4n) is 4.64. The standard InChI is InChI=1S/C34H32N2.ClH/c1-5-13-27(14-6-1)25-33(29-17-9-3-10-18-29)35-31-21-23-32(24-22-31)36-34(30-19-11-4-12-20-30)26-28-15-7-2-8-16-28;/h1-24,33-36H,25-26H2;1H. The number of rotatable bonds is 10. The van der Waals surface area contributed by atoms with E-state index in [0.717, 1.165) is 24.2 Å². The SMILES string of the molecule is Cl.c1ccc(CC(Nc2ccc(NC(Cc3ccccc3)c3ccccc3)cc2)c2ccccc2)cc1. The highest BCUT2D eigenvalue weighted by Crippen LogP contribution is 2.27. The zero-order valence-electron chi connectivity index (χ0n) is 20.8. The third-order valence-electron chi connectivity index (χ3n) is 6.54. The maximum atomic E-state index is 3.77. The van der Waals surface area contributed by atoms with Crippen LogP contribution in [-0.2, 0) is 12.8 Å². The number of hydrogen-bond donors (Lipinski definition) is 2. The van der Waals surface area contributed by atoms with Gasteiger partial charge in [-0.3, -0.25) is 0 Å². The van der Waals surface area contributed by atoms with Gasteiger partial charge < -0.3 is 10.6 Å². The normalized spacial score (nSPS) is 12.1. The molecule has 0 saturated carbocycles. The van der Waals surface area contributed by atoms with E-state index in [9.17, 15) is 0 Å². The van der Waals surface area contributed by atoms with E-state index < -0.39 is 0 Å². The number of benzene rings is 5. The molecule has 0 radical (unpaired) electrons. The molecular formula is C34H33ClN2. The quantitative estimate of drug-likeness (QED) is 0.198. The molecule has 0 amide bonds. The summed E-state index contributed by atoms with van der Waals surface area (Å²) in [5, 5.41) is 7.54. The van der Waals surface area contributed by atoms with Gasteiger partial charge in [-0.15, -0.1) is 12.4 Å². The van der Waals surface area contributed by atoms with Crippen molar-refractivity contribution >= 4 is 23.8 Å². The molecule has 2 N–H and O–H groups in total. The van der Waals surface area contributed by atoms with Crippen molar-refractivity contribution < 1.29 is 0 Å². The molecule has 0 bridgehead atoms. The van der Waals surface area contributed by atoms with Crippen LogP contribution in [-0.4, -0.2) is 0 Å². The van der Waals surface area contributed by atoms with Crippen LogP contribution in [0.3, 0.4) is 0 Å². The smallest absolute Gasteiger partial charge is 0.0554 e. The second-order valence-corrected chi connectivity index (χ2v) is 9.17. The molecule has 0 spiro atoms. The predicted octanol–water partition coefficient (Wildman–Crippen LogP) is 8.90. The number of anilines is 2. The molecule has 2 unspecified atom stereocenters. The Morgan fingerprint density at radius 2 is 0.676 bits per heavy atom. The second kappa shape index (κ2) is 13.3. The van der Waals surface area contributed by atoms with Gasteiger partial charge in [0.2, 0.25) is 0 Å². The van der Waals surface area contributed by atoms with Crippen molar-refractivity contribution in [3.05, 3.63) is 168 Å². The lowest BCUT2D eigenvalue weighted by atomic mass is 9.98. The van der Waals surface area contributed by atoms with E-state index in [0.29, 0.717) is 0 Å². The molecule has 0 aliphatic heterocycles. The van der Waals surface area contributed by atoms with Gasteiger partial charge in [0.1, 0.15) is 0 Å². The minimum absolute atomic E-state index is 0. The van der Waals surface area contributed by atoms with E-state index in [2.05, 4.69) is 156 Å². The molecule has 0 aromatic heterocycles. The van der Waals surface area contributed by atoms with E-state index in [1.807, 2.05) is 0 Å². The van der Waals surface area contributed by atoms with Gasteiger partial charge in [-0.2, -0.15) is 0 Å². The largest absolute Gasteiger partial charge is 0.378 e. The Hall–Kier alpha value is -4.01. The van der Waals surface area contributed by atoms with Crippen molar-refractivity contribution in [2.75, 3.05) is 10.6 Å². The van der Waals surface area contributed by atoms with Crippen LogP contribution < -0.4 is 10.6 Å². The number of hydrogen-bond acceptors (Lipinski definition) is 2. The summed E-state index contributed by atoms with van der Waals surface area (Å²) < 4.78 is 0. The fraction of sp³-hybridized carbons (Fsp3) is 0.118. The van der Waals surface area contributed by atoms with Gasteiger partial charge in [0.15, 0.2) is 0 Å². The van der Waals surface area contributed by atoms with Crippen molar-refractivity contribution in [2.24, 2.45) is 0 Å². The van der Waals surface area contributed by atoms with Crippen LogP contribution in [0.15, 0.2) is 146 Å². The van der Waals surface area contributed by atoms with E-state index in [1.54, 1.807) is 0 Å². The van der Waals surface area contributed by atoms with Gasteiger partial charge in [-0.05, 0) is 59.4 Å². The second-order valence-electron chi connectivity index (χ2n) is 9.17. The Morgan fingerprint density at radius 1 is 0.378 bits per heavy atom. The Balaban J connectivity index is 0.00000320.